The van der Waals surface area contributed by atoms with Crippen LogP contribution in [0.2, 0.25) is 0 Å². The van der Waals surface area contributed by atoms with Gasteiger partial charge in [-0.15, -0.1) is 0 Å². The van der Waals surface area contributed by atoms with E-state index in [4.69, 9.17) is 22.9 Å². The summed E-state index contributed by atoms with van der Waals surface area (Å²) in [5.74, 6) is -9.15. The Morgan fingerprint density at radius 3 is 1.89 bits per heavy atom. The van der Waals surface area contributed by atoms with Crippen molar-refractivity contribution in [2.45, 2.75) is 133 Å². The van der Waals surface area contributed by atoms with Gasteiger partial charge in [-0.3, -0.25) is 53.5 Å². The van der Waals surface area contributed by atoms with Gasteiger partial charge in [0.15, 0.2) is 5.96 Å². The van der Waals surface area contributed by atoms with Crippen LogP contribution in [-0.2, 0) is 62.4 Å². The highest BCUT2D eigenvalue weighted by Crippen LogP contribution is 2.20. The lowest BCUT2D eigenvalue weighted by atomic mass is 10.0. The van der Waals surface area contributed by atoms with Crippen LogP contribution < -0.4 is 60.2 Å². The molecule has 0 bridgehead atoms. The summed E-state index contributed by atoms with van der Waals surface area (Å²) in [5.41, 5.74) is 24.3. The molecule has 4 aromatic rings. The zero-order chi connectivity index (χ0) is 58.7. The lowest BCUT2D eigenvalue weighted by Crippen LogP contribution is -2.60. The van der Waals surface area contributed by atoms with Crippen LogP contribution in [0.4, 0.5) is 5.69 Å². The number of para-hydroxylation sites is 1. The van der Waals surface area contributed by atoms with Gasteiger partial charge in [-0.1, -0.05) is 50.1 Å². The van der Waals surface area contributed by atoms with Crippen LogP contribution in [-0.4, -0.2) is 151 Å². The number of carbonyl (C=O) groups is 9. The van der Waals surface area contributed by atoms with E-state index >= 15 is 0 Å². The van der Waals surface area contributed by atoms with Gasteiger partial charge in [0.05, 0.1) is 23.8 Å². The molecule has 0 aliphatic carbocycles. The number of H-pyrrole nitrogens is 2. The number of carboxylic acid groups (broad SMARTS) is 2. The van der Waals surface area contributed by atoms with Crippen molar-refractivity contribution in [3.8, 4) is 0 Å². The summed E-state index contributed by atoms with van der Waals surface area (Å²) in [6.45, 7) is 1.49. The van der Waals surface area contributed by atoms with Crippen LogP contribution in [0, 0.1) is 10.1 Å². The number of aliphatic imine (C=N–C) groups is 1. The molecule has 0 fully saturated rings. The summed E-state index contributed by atoms with van der Waals surface area (Å²) < 4.78 is 0. The number of imidazole rings is 1. The molecule has 0 spiro atoms. The fourth-order valence-corrected chi connectivity index (χ4v) is 8.27. The summed E-state index contributed by atoms with van der Waals surface area (Å²) in [6.07, 6.45) is 4.98. The largest absolute Gasteiger partial charge is 0.481 e. The Balaban J connectivity index is 1.69. The number of guanidine groups is 1. The molecule has 2 aromatic carbocycles. The molecule has 2 aromatic heterocycles. The number of rotatable bonds is 36. The number of amides is 7. The van der Waals surface area contributed by atoms with E-state index in [2.05, 4.69) is 57.2 Å². The highest BCUT2D eigenvalue weighted by Gasteiger charge is 2.34. The molecule has 80 heavy (non-hydrogen) atoms. The van der Waals surface area contributed by atoms with E-state index in [1.807, 2.05) is 6.92 Å². The van der Waals surface area contributed by atoms with Gasteiger partial charge in [0.25, 0.3) is 5.69 Å². The second-order valence-electron chi connectivity index (χ2n) is 18.9. The van der Waals surface area contributed by atoms with Gasteiger partial charge >= 0.3 is 11.9 Å². The molecule has 0 aliphatic rings. The maximum Gasteiger partial charge on any atom is 0.326 e. The first-order valence-electron chi connectivity index (χ1n) is 26.0. The summed E-state index contributed by atoms with van der Waals surface area (Å²) >= 11 is 0. The third-order valence-electron chi connectivity index (χ3n) is 12.6. The van der Waals surface area contributed by atoms with Crippen molar-refractivity contribution in [1.29, 1.82) is 0 Å². The standard InChI is InChI=1S/C51H72N16O13/c1-2-3-10-34(53)44(71)62-37(18-19-43(69)70)47(74)66-41(24-31-26-56-28-60-31)49(76)64-39(22-29-14-16-32(17-15-29)67(79)80)48(75)63-36(13-8-21-57-51(54)55)46(73)65-40(23-30-25-58-35-11-5-4-9-33(30)35)45(72)59-27-42(68)61-38(50(77)78)12-6-7-20-52/h4-5,9,11,14-17,25-26,28,34,36-41,58H,2-3,6-8,10,12-13,18-24,27,52-53H2,1H3,(H,56,60)(H,59,72)(H,61,68)(H,62,71)(H,63,75)(H,64,76)(H,65,73)(H,66,74)(H,69,70)(H,77,78)(H4,54,55,57)/t34-,36-,37-,38-,39+,40-,41-/m0/s1. The molecule has 7 amide bonds. The zero-order valence-corrected chi connectivity index (χ0v) is 44.2. The van der Waals surface area contributed by atoms with E-state index in [9.17, 15) is 63.5 Å². The van der Waals surface area contributed by atoms with Gasteiger partial charge in [-0.05, 0) is 68.7 Å². The predicted molar refractivity (Wildman–Crippen MR) is 291 cm³/mol. The number of non-ortho nitro benzene ring substituents is 1. The smallest absolute Gasteiger partial charge is 0.326 e. The van der Waals surface area contributed by atoms with E-state index in [1.54, 1.807) is 30.5 Å². The number of nitrogens with one attached hydrogen (secondary N) is 9. The molecular formula is C51H72N16O13. The molecule has 0 unspecified atom stereocenters. The van der Waals surface area contributed by atoms with Crippen LogP contribution in [0.15, 0.2) is 72.2 Å². The maximum atomic E-state index is 14.7. The molecule has 2 heterocycles. The molecule has 434 valence electrons. The fourth-order valence-electron chi connectivity index (χ4n) is 8.27. The second-order valence-corrected chi connectivity index (χ2v) is 18.9. The number of hydrogen-bond acceptors (Lipinski definition) is 15. The molecule has 0 aliphatic heterocycles. The Morgan fingerprint density at radius 2 is 1.29 bits per heavy atom. The van der Waals surface area contributed by atoms with E-state index < -0.39 is 120 Å². The van der Waals surface area contributed by atoms with Crippen molar-refractivity contribution in [3.63, 3.8) is 0 Å². The van der Waals surface area contributed by atoms with Gasteiger partial charge in [0.1, 0.15) is 36.3 Å². The monoisotopic (exact) mass is 1120 g/mol. The van der Waals surface area contributed by atoms with Crippen molar-refractivity contribution >= 4 is 75.8 Å². The van der Waals surface area contributed by atoms with E-state index in [1.165, 1.54) is 36.8 Å². The molecule has 4 rings (SSSR count). The van der Waals surface area contributed by atoms with Crippen molar-refractivity contribution in [2.24, 2.45) is 27.9 Å². The summed E-state index contributed by atoms with van der Waals surface area (Å²) in [4.78, 5) is 146. The minimum atomic E-state index is -1.62. The number of aromatic nitrogens is 3. The molecule has 29 heteroatoms. The number of carboxylic acids is 2. The first kappa shape index (κ1) is 63.5. The van der Waals surface area contributed by atoms with E-state index in [0.29, 0.717) is 53.5 Å². The van der Waals surface area contributed by atoms with Crippen molar-refractivity contribution in [2.75, 3.05) is 19.6 Å². The van der Waals surface area contributed by atoms with Crippen molar-refractivity contribution in [3.05, 3.63) is 94.2 Å². The van der Waals surface area contributed by atoms with Gasteiger partial charge in [-0.25, -0.2) is 9.78 Å². The van der Waals surface area contributed by atoms with Gasteiger partial charge < -0.3 is 80.3 Å². The van der Waals surface area contributed by atoms with Crippen LogP contribution in [0.25, 0.3) is 10.9 Å². The SMILES string of the molecule is CCCC[C@H](N)C(=O)N[C@@H](CCC(=O)O)C(=O)N[C@@H](Cc1cnc[nH]1)C(=O)N[C@H](Cc1ccc([N+](=O)[O-])cc1)C(=O)N[C@@H](CCCN=C(N)N)C(=O)N[C@@H](Cc1c[nH]c2ccccc12)C(=O)NCC(=O)N[C@@H](CCCCN)C(=O)O. The Labute approximate surface area is 459 Å². The molecule has 0 radical (unpaired) electrons. The highest BCUT2D eigenvalue weighted by molar-refractivity contribution is 5.98. The average molecular weight is 1120 g/mol. The lowest BCUT2D eigenvalue weighted by Gasteiger charge is -2.27. The quantitative estimate of drug-likeness (QED) is 0.00810. The van der Waals surface area contributed by atoms with Crippen LogP contribution in [0.5, 0.6) is 0 Å². The van der Waals surface area contributed by atoms with Crippen molar-refractivity contribution in [1.82, 2.24) is 52.2 Å². The first-order chi connectivity index (χ1) is 38.2. The maximum absolute atomic E-state index is 14.7. The number of nitro benzene ring substituents is 1. The van der Waals surface area contributed by atoms with E-state index in [-0.39, 0.29) is 63.1 Å². The normalized spacial score (nSPS) is 13.6. The van der Waals surface area contributed by atoms with Crippen LogP contribution in [0.1, 0.15) is 88.0 Å². The zero-order valence-electron chi connectivity index (χ0n) is 44.2. The van der Waals surface area contributed by atoms with E-state index in [0.717, 1.165) is 6.42 Å². The van der Waals surface area contributed by atoms with Crippen LogP contribution >= 0.6 is 0 Å². The fraction of sp³-hybridized carbons (Fsp3) is 0.471. The Bertz CT molecular complexity index is 2770. The summed E-state index contributed by atoms with van der Waals surface area (Å²) in [7, 11) is 0. The minimum absolute atomic E-state index is 0.0313. The number of aromatic amines is 2. The number of hydrogen-bond donors (Lipinski definition) is 15. The molecule has 29 nitrogen and oxygen atoms in total. The Morgan fingerprint density at radius 1 is 0.688 bits per heavy atom. The van der Waals surface area contributed by atoms with Crippen molar-refractivity contribution < 1.29 is 58.3 Å². The average Bonchev–Trinajstić information content (AvgIpc) is 4.13. The van der Waals surface area contributed by atoms with Gasteiger partial charge in [0.2, 0.25) is 41.4 Å². The Hall–Kier alpha value is -8.99. The first-order valence-corrected chi connectivity index (χ1v) is 26.0. The number of fused-ring (bicyclic) bond motifs is 1. The minimum Gasteiger partial charge on any atom is -0.481 e. The molecular weight excluding hydrogens is 1040 g/mol. The summed E-state index contributed by atoms with van der Waals surface area (Å²) in [6, 6.07) is 2.22. The second kappa shape index (κ2) is 32.7. The molecule has 19 N–H and O–H groups in total. The topological polar surface area (TPSA) is 482 Å². The number of carbonyl (C=O) groups excluding carboxylic acids is 7. The number of nitro groups is 1. The molecule has 7 atom stereocenters. The third-order valence-corrected chi connectivity index (χ3v) is 12.6. The number of nitrogens with two attached hydrogens (primary N) is 4. The highest BCUT2D eigenvalue weighted by atomic mass is 16.6. The Kier molecular flexibility index (Phi) is 26.0. The lowest BCUT2D eigenvalue weighted by molar-refractivity contribution is -0.384. The molecule has 0 saturated heterocycles. The van der Waals surface area contributed by atoms with Gasteiger partial charge in [-0.2, -0.15) is 0 Å². The van der Waals surface area contributed by atoms with Gasteiger partial charge in [0, 0.05) is 73.4 Å². The van der Waals surface area contributed by atoms with Crippen LogP contribution in [0.3, 0.4) is 0 Å². The summed E-state index contributed by atoms with van der Waals surface area (Å²) in [5, 5.41) is 49.3. The number of benzene rings is 2. The third kappa shape index (κ3) is 21.4. The molecule has 0 saturated carbocycles. The predicted octanol–water partition coefficient (Wildman–Crippen LogP) is -1.50. The number of aliphatic carboxylic acids is 2. The number of unbranched alkanes of at least 4 members (excludes halogenated alkanes) is 2. The number of nitrogens with zero attached hydrogens (tertiary/aromatic N) is 3.